The van der Waals surface area contributed by atoms with Crippen molar-refractivity contribution in [2.24, 2.45) is 0 Å². The largest absolute Gasteiger partial charge is 0.472 e. The number of pyridine rings is 2. The molecule has 0 amide bonds. The Balaban J connectivity index is 1.40. The maximum atomic E-state index is 14.4. The van der Waals surface area contributed by atoms with Gasteiger partial charge in [0.2, 0.25) is 5.82 Å². The van der Waals surface area contributed by atoms with E-state index in [1.165, 1.54) is 12.4 Å². The molecule has 38 heavy (non-hydrogen) atoms. The molecule has 13 heteroatoms. The number of alkyl halides is 3. The molecule has 0 radical (unpaired) electrons. The minimum absolute atomic E-state index is 0.0402. The average Bonchev–Trinajstić information content (AvgIpc) is 3.29. The zero-order valence-electron chi connectivity index (χ0n) is 20.2. The van der Waals surface area contributed by atoms with Crippen LogP contribution in [0.15, 0.2) is 36.9 Å². The molecule has 1 saturated carbocycles. The Morgan fingerprint density at radius 1 is 1.11 bits per heavy atom. The summed E-state index contributed by atoms with van der Waals surface area (Å²) in [4.78, 5) is 16.2. The van der Waals surface area contributed by atoms with Crippen LogP contribution in [0.25, 0.3) is 22.2 Å². The van der Waals surface area contributed by atoms with Crippen molar-refractivity contribution in [3.05, 3.63) is 54.1 Å². The summed E-state index contributed by atoms with van der Waals surface area (Å²) < 4.78 is 61.0. The van der Waals surface area contributed by atoms with E-state index in [1.54, 1.807) is 6.20 Å². The van der Waals surface area contributed by atoms with Crippen molar-refractivity contribution in [2.75, 3.05) is 11.9 Å². The van der Waals surface area contributed by atoms with Gasteiger partial charge in [-0.2, -0.15) is 23.5 Å². The van der Waals surface area contributed by atoms with Crippen molar-refractivity contribution >= 4 is 16.7 Å². The second-order valence-electron chi connectivity index (χ2n) is 8.84. The van der Waals surface area contributed by atoms with Crippen LogP contribution in [-0.2, 0) is 6.18 Å². The fraction of sp³-hybridized carbons (Fsp3) is 0.360. The van der Waals surface area contributed by atoms with Crippen molar-refractivity contribution < 1.29 is 22.3 Å². The summed E-state index contributed by atoms with van der Waals surface area (Å²) in [6.07, 6.45) is 2.54. The molecule has 196 valence electrons. The second-order valence-corrected chi connectivity index (χ2v) is 8.84. The Kier molecular flexibility index (Phi) is 6.79. The molecule has 4 heterocycles. The maximum Gasteiger partial charge on any atom is 0.419 e. The van der Waals surface area contributed by atoms with Gasteiger partial charge in [0.15, 0.2) is 5.82 Å². The minimum atomic E-state index is -4.83. The number of rotatable bonds is 6. The summed E-state index contributed by atoms with van der Waals surface area (Å²) >= 11 is 0. The molecule has 0 aliphatic heterocycles. The Hall–Kier alpha value is -4.34. The SMILES string of the molecule is CCNc1cc2c(cn1)c(-c1cnc(C#N)nc1)nn2[C@H]1CC[C@@H](Oc2nccc(C(F)(F)F)c2F)CC1. The topological polar surface area (TPSA) is 114 Å². The highest BCUT2D eigenvalue weighted by Crippen LogP contribution is 2.38. The summed E-state index contributed by atoms with van der Waals surface area (Å²) in [5, 5.41) is 17.8. The third-order valence-corrected chi connectivity index (χ3v) is 6.41. The maximum absolute atomic E-state index is 14.4. The molecular formula is C25H22F4N8O. The van der Waals surface area contributed by atoms with Gasteiger partial charge in [-0.15, -0.1) is 0 Å². The fourth-order valence-corrected chi connectivity index (χ4v) is 4.60. The van der Waals surface area contributed by atoms with Gasteiger partial charge in [-0.05, 0) is 38.7 Å². The average molecular weight is 526 g/mol. The van der Waals surface area contributed by atoms with Gasteiger partial charge in [-0.25, -0.2) is 24.3 Å². The number of nitriles is 1. The van der Waals surface area contributed by atoms with Crippen LogP contribution in [0.1, 0.15) is 50.0 Å². The number of fused-ring (bicyclic) bond motifs is 1. The first-order valence-electron chi connectivity index (χ1n) is 12.0. The molecular weight excluding hydrogens is 504 g/mol. The van der Waals surface area contributed by atoms with Crippen molar-refractivity contribution in [1.29, 1.82) is 5.26 Å². The predicted octanol–water partition coefficient (Wildman–Crippen LogP) is 5.31. The molecule has 1 aliphatic rings. The van der Waals surface area contributed by atoms with E-state index in [-0.39, 0.29) is 11.9 Å². The molecule has 1 aliphatic carbocycles. The van der Waals surface area contributed by atoms with Crippen LogP contribution >= 0.6 is 0 Å². The minimum Gasteiger partial charge on any atom is -0.472 e. The van der Waals surface area contributed by atoms with Gasteiger partial charge in [0.25, 0.3) is 5.88 Å². The first-order chi connectivity index (χ1) is 18.3. The highest BCUT2D eigenvalue weighted by Gasteiger charge is 2.36. The smallest absolute Gasteiger partial charge is 0.419 e. The van der Waals surface area contributed by atoms with Crippen LogP contribution in [0.4, 0.5) is 23.4 Å². The lowest BCUT2D eigenvalue weighted by atomic mass is 9.93. The summed E-state index contributed by atoms with van der Waals surface area (Å²) in [6.45, 7) is 2.65. The van der Waals surface area contributed by atoms with Crippen molar-refractivity contribution in [1.82, 2.24) is 29.7 Å². The fourth-order valence-electron chi connectivity index (χ4n) is 4.60. The zero-order chi connectivity index (χ0) is 26.9. The number of hydrogen-bond acceptors (Lipinski definition) is 8. The Bertz CT molecular complexity index is 1490. The Morgan fingerprint density at radius 2 is 1.84 bits per heavy atom. The lowest BCUT2D eigenvalue weighted by Crippen LogP contribution is -2.27. The van der Waals surface area contributed by atoms with Gasteiger partial charge in [0.05, 0.1) is 17.1 Å². The lowest BCUT2D eigenvalue weighted by molar-refractivity contribution is -0.140. The molecule has 0 atom stereocenters. The van der Waals surface area contributed by atoms with Crippen LogP contribution in [-0.4, -0.2) is 42.4 Å². The first kappa shape index (κ1) is 25.3. The van der Waals surface area contributed by atoms with E-state index in [4.69, 9.17) is 15.1 Å². The van der Waals surface area contributed by atoms with E-state index < -0.39 is 29.5 Å². The summed E-state index contributed by atoms with van der Waals surface area (Å²) in [5.74, 6) is -1.41. The predicted molar refractivity (Wildman–Crippen MR) is 129 cm³/mol. The van der Waals surface area contributed by atoms with Gasteiger partial charge >= 0.3 is 6.18 Å². The molecule has 4 aromatic heterocycles. The Morgan fingerprint density at radius 3 is 2.50 bits per heavy atom. The van der Waals surface area contributed by atoms with Crippen LogP contribution in [0.5, 0.6) is 5.88 Å². The zero-order valence-corrected chi connectivity index (χ0v) is 20.2. The molecule has 0 spiro atoms. The van der Waals surface area contributed by atoms with E-state index in [0.29, 0.717) is 55.4 Å². The number of aromatic nitrogens is 6. The molecule has 5 rings (SSSR count). The van der Waals surface area contributed by atoms with Gasteiger partial charge in [-0.3, -0.25) is 4.68 Å². The molecule has 1 fully saturated rings. The molecule has 4 aromatic rings. The van der Waals surface area contributed by atoms with Crippen LogP contribution in [0, 0.1) is 17.1 Å². The number of hydrogen-bond donors (Lipinski definition) is 1. The van der Waals surface area contributed by atoms with E-state index in [2.05, 4.69) is 25.3 Å². The normalized spacial score (nSPS) is 17.8. The van der Waals surface area contributed by atoms with Gasteiger partial charge in [-0.1, -0.05) is 0 Å². The number of anilines is 1. The monoisotopic (exact) mass is 526 g/mol. The Labute approximate surface area is 214 Å². The van der Waals surface area contributed by atoms with E-state index in [9.17, 15) is 17.6 Å². The summed E-state index contributed by atoms with van der Waals surface area (Å²) in [6, 6.07) is 4.35. The number of halogens is 4. The van der Waals surface area contributed by atoms with Crippen molar-refractivity contribution in [3.8, 4) is 23.2 Å². The molecule has 0 unspecified atom stereocenters. The molecule has 0 bridgehead atoms. The summed E-state index contributed by atoms with van der Waals surface area (Å²) in [5.41, 5.74) is 0.691. The standard InChI is InChI=1S/C25H22F4N8O/c1-2-31-20-9-19-17(13-35-20)23(14-11-33-21(10-30)34-12-14)36-37(19)15-3-5-16(6-4-15)38-24-22(26)18(7-8-32-24)25(27,28)29/h7-9,11-13,15-16H,2-6H2,1H3,(H,31,35)/t15-,16+. The quantitative estimate of drug-likeness (QED) is 0.337. The summed E-state index contributed by atoms with van der Waals surface area (Å²) in [7, 11) is 0. The highest BCUT2D eigenvalue weighted by molar-refractivity contribution is 5.93. The van der Waals surface area contributed by atoms with Crippen LogP contribution in [0.3, 0.4) is 0 Å². The third kappa shape index (κ3) is 4.93. The first-order valence-corrected chi connectivity index (χ1v) is 12.0. The number of nitrogens with zero attached hydrogens (tertiary/aromatic N) is 7. The van der Waals surface area contributed by atoms with Gasteiger partial charge in [0.1, 0.15) is 23.7 Å². The van der Waals surface area contributed by atoms with Crippen molar-refractivity contribution in [2.45, 2.75) is 50.9 Å². The third-order valence-electron chi connectivity index (χ3n) is 6.41. The van der Waals surface area contributed by atoms with Gasteiger partial charge in [0, 0.05) is 48.3 Å². The van der Waals surface area contributed by atoms with E-state index in [1.807, 2.05) is 23.7 Å². The number of ether oxygens (including phenoxy) is 1. The van der Waals surface area contributed by atoms with Crippen molar-refractivity contribution in [3.63, 3.8) is 0 Å². The van der Waals surface area contributed by atoms with E-state index >= 15 is 0 Å². The van der Waals surface area contributed by atoms with E-state index in [0.717, 1.165) is 17.1 Å². The lowest BCUT2D eigenvalue weighted by Gasteiger charge is -2.29. The van der Waals surface area contributed by atoms with Gasteiger partial charge < -0.3 is 10.1 Å². The highest BCUT2D eigenvalue weighted by atomic mass is 19.4. The molecule has 0 saturated heterocycles. The van der Waals surface area contributed by atoms with Crippen LogP contribution in [0.2, 0.25) is 0 Å². The molecule has 0 aromatic carbocycles. The number of nitrogens with one attached hydrogen (secondary N) is 1. The van der Waals surface area contributed by atoms with Crippen LogP contribution < -0.4 is 10.1 Å². The molecule has 9 nitrogen and oxygen atoms in total. The second kappa shape index (κ2) is 10.2. The molecule has 1 N–H and O–H groups in total.